The number of fused-ring (bicyclic) bond motifs is 1. The molecule has 4 heteroatoms. The molecule has 18 heavy (non-hydrogen) atoms. The quantitative estimate of drug-likeness (QED) is 0.840. The summed E-state index contributed by atoms with van der Waals surface area (Å²) in [4.78, 5) is 12.1. The van der Waals surface area contributed by atoms with E-state index in [4.69, 9.17) is 10.5 Å². The Morgan fingerprint density at radius 3 is 3.11 bits per heavy atom. The highest BCUT2D eigenvalue weighted by Gasteiger charge is 2.26. The summed E-state index contributed by atoms with van der Waals surface area (Å²) < 4.78 is 5.58. The Kier molecular flexibility index (Phi) is 4.33. The molecule has 0 aromatic heterocycles. The molecule has 98 valence electrons. The molecule has 0 aliphatic carbocycles. The summed E-state index contributed by atoms with van der Waals surface area (Å²) in [7, 11) is 0. The standard InChI is InChI=1S/C14H20N2O2/c1-10(15)6-8-16-14(17)13-12-5-3-2-4-11(12)7-9-18-13/h2-5,10,13H,6-9,15H2,1H3,(H,16,17). The highest BCUT2D eigenvalue weighted by Crippen LogP contribution is 2.26. The van der Waals surface area contributed by atoms with Crippen molar-refractivity contribution in [3.8, 4) is 0 Å². The van der Waals surface area contributed by atoms with E-state index in [1.807, 2.05) is 25.1 Å². The van der Waals surface area contributed by atoms with E-state index in [9.17, 15) is 4.79 Å². The van der Waals surface area contributed by atoms with Crippen molar-refractivity contribution in [2.75, 3.05) is 13.2 Å². The minimum Gasteiger partial charge on any atom is -0.363 e. The van der Waals surface area contributed by atoms with Gasteiger partial charge in [0.15, 0.2) is 6.10 Å². The number of carbonyl (C=O) groups excluding carboxylic acids is 1. The molecule has 0 spiro atoms. The fourth-order valence-corrected chi connectivity index (χ4v) is 2.13. The van der Waals surface area contributed by atoms with Crippen LogP contribution in [0.3, 0.4) is 0 Å². The monoisotopic (exact) mass is 248 g/mol. The van der Waals surface area contributed by atoms with Gasteiger partial charge in [0.05, 0.1) is 6.61 Å². The lowest BCUT2D eigenvalue weighted by Gasteiger charge is -2.25. The van der Waals surface area contributed by atoms with Crippen molar-refractivity contribution in [3.63, 3.8) is 0 Å². The van der Waals surface area contributed by atoms with Crippen molar-refractivity contribution in [2.45, 2.75) is 31.9 Å². The predicted octanol–water partition coefficient (Wildman–Crippen LogP) is 1.15. The summed E-state index contributed by atoms with van der Waals surface area (Å²) in [5.41, 5.74) is 7.84. The number of hydrogen-bond donors (Lipinski definition) is 2. The van der Waals surface area contributed by atoms with Crippen molar-refractivity contribution in [1.29, 1.82) is 0 Å². The number of ether oxygens (including phenoxy) is 1. The van der Waals surface area contributed by atoms with Gasteiger partial charge in [-0.2, -0.15) is 0 Å². The van der Waals surface area contributed by atoms with Gasteiger partial charge >= 0.3 is 0 Å². The largest absolute Gasteiger partial charge is 0.363 e. The van der Waals surface area contributed by atoms with Crippen LogP contribution in [0.5, 0.6) is 0 Å². The first kappa shape index (κ1) is 13.1. The molecule has 4 nitrogen and oxygen atoms in total. The van der Waals surface area contributed by atoms with E-state index >= 15 is 0 Å². The van der Waals surface area contributed by atoms with E-state index < -0.39 is 6.10 Å². The van der Waals surface area contributed by atoms with E-state index in [-0.39, 0.29) is 11.9 Å². The molecule has 1 aromatic carbocycles. The molecule has 2 rings (SSSR count). The maximum atomic E-state index is 12.1. The van der Waals surface area contributed by atoms with Crippen LogP contribution in [0.2, 0.25) is 0 Å². The second-order valence-corrected chi connectivity index (χ2v) is 4.76. The molecule has 0 bridgehead atoms. The Balaban J connectivity index is 1.99. The summed E-state index contributed by atoms with van der Waals surface area (Å²) in [6.07, 6.45) is 1.18. The molecule has 0 saturated heterocycles. The van der Waals surface area contributed by atoms with Crippen LogP contribution in [-0.2, 0) is 16.0 Å². The molecule has 1 amide bonds. The zero-order valence-electron chi connectivity index (χ0n) is 10.7. The molecule has 2 atom stereocenters. The molecule has 1 aromatic rings. The molecule has 0 saturated carbocycles. The SMILES string of the molecule is CC(N)CCNC(=O)C1OCCc2ccccc21. The van der Waals surface area contributed by atoms with Crippen molar-refractivity contribution in [1.82, 2.24) is 5.32 Å². The summed E-state index contributed by atoms with van der Waals surface area (Å²) in [6.45, 7) is 3.12. The van der Waals surface area contributed by atoms with Crippen molar-refractivity contribution < 1.29 is 9.53 Å². The van der Waals surface area contributed by atoms with E-state index in [2.05, 4.69) is 11.4 Å². The number of nitrogens with one attached hydrogen (secondary N) is 1. The fraction of sp³-hybridized carbons (Fsp3) is 0.500. The topological polar surface area (TPSA) is 64.3 Å². The summed E-state index contributed by atoms with van der Waals surface area (Å²) in [6, 6.07) is 8.06. The first-order chi connectivity index (χ1) is 8.68. The number of benzene rings is 1. The summed E-state index contributed by atoms with van der Waals surface area (Å²) in [5, 5.41) is 2.88. The highest BCUT2D eigenvalue weighted by atomic mass is 16.5. The van der Waals surface area contributed by atoms with Gasteiger partial charge in [-0.3, -0.25) is 4.79 Å². The molecule has 3 N–H and O–H groups in total. The zero-order valence-corrected chi connectivity index (χ0v) is 10.7. The molecule has 0 fully saturated rings. The average Bonchev–Trinajstić information content (AvgIpc) is 2.37. The first-order valence-corrected chi connectivity index (χ1v) is 6.41. The molecule has 1 aliphatic rings. The Hall–Kier alpha value is -1.39. The van der Waals surface area contributed by atoms with Crippen LogP contribution in [0.25, 0.3) is 0 Å². The Labute approximate surface area is 108 Å². The Morgan fingerprint density at radius 2 is 2.33 bits per heavy atom. The van der Waals surface area contributed by atoms with Crippen LogP contribution in [0.1, 0.15) is 30.6 Å². The Morgan fingerprint density at radius 1 is 1.56 bits per heavy atom. The average molecular weight is 248 g/mol. The van der Waals surface area contributed by atoms with Crippen LogP contribution < -0.4 is 11.1 Å². The lowest BCUT2D eigenvalue weighted by atomic mass is 9.97. The zero-order chi connectivity index (χ0) is 13.0. The number of carbonyl (C=O) groups is 1. The maximum Gasteiger partial charge on any atom is 0.253 e. The van der Waals surface area contributed by atoms with Crippen LogP contribution in [0.15, 0.2) is 24.3 Å². The van der Waals surface area contributed by atoms with Gasteiger partial charge in [-0.05, 0) is 30.9 Å². The third-order valence-electron chi connectivity index (χ3n) is 3.13. The number of hydrogen-bond acceptors (Lipinski definition) is 3. The third kappa shape index (κ3) is 3.09. The van der Waals surface area contributed by atoms with Crippen LogP contribution in [0.4, 0.5) is 0 Å². The molecule has 0 radical (unpaired) electrons. The second kappa shape index (κ2) is 5.98. The molecule has 2 unspecified atom stereocenters. The summed E-state index contributed by atoms with van der Waals surface area (Å²) >= 11 is 0. The Bertz CT molecular complexity index is 418. The van der Waals surface area contributed by atoms with Gasteiger partial charge in [-0.1, -0.05) is 24.3 Å². The van der Waals surface area contributed by atoms with Crippen LogP contribution in [0, 0.1) is 0 Å². The predicted molar refractivity (Wildman–Crippen MR) is 70.1 cm³/mol. The molecule has 1 aliphatic heterocycles. The smallest absolute Gasteiger partial charge is 0.253 e. The van der Waals surface area contributed by atoms with Gasteiger partial charge in [0.2, 0.25) is 0 Å². The van der Waals surface area contributed by atoms with Gasteiger partial charge in [-0.25, -0.2) is 0 Å². The van der Waals surface area contributed by atoms with Crippen molar-refractivity contribution >= 4 is 5.91 Å². The van der Waals surface area contributed by atoms with Gasteiger partial charge in [-0.15, -0.1) is 0 Å². The van der Waals surface area contributed by atoms with Gasteiger partial charge < -0.3 is 15.8 Å². The second-order valence-electron chi connectivity index (χ2n) is 4.76. The molecular weight excluding hydrogens is 228 g/mol. The van der Waals surface area contributed by atoms with E-state index in [0.29, 0.717) is 13.2 Å². The molecule has 1 heterocycles. The lowest BCUT2D eigenvalue weighted by molar-refractivity contribution is -0.134. The summed E-state index contributed by atoms with van der Waals surface area (Å²) in [5.74, 6) is -0.0669. The first-order valence-electron chi connectivity index (χ1n) is 6.41. The van der Waals surface area contributed by atoms with Crippen LogP contribution >= 0.6 is 0 Å². The third-order valence-corrected chi connectivity index (χ3v) is 3.13. The van der Waals surface area contributed by atoms with Crippen LogP contribution in [-0.4, -0.2) is 25.1 Å². The lowest BCUT2D eigenvalue weighted by Crippen LogP contribution is -2.35. The highest BCUT2D eigenvalue weighted by molar-refractivity contribution is 5.82. The van der Waals surface area contributed by atoms with E-state index in [0.717, 1.165) is 18.4 Å². The number of amides is 1. The fourth-order valence-electron chi connectivity index (χ4n) is 2.13. The van der Waals surface area contributed by atoms with Gasteiger partial charge in [0, 0.05) is 12.6 Å². The van der Waals surface area contributed by atoms with Crippen molar-refractivity contribution in [3.05, 3.63) is 35.4 Å². The normalized spacial score (nSPS) is 20.0. The number of nitrogens with two attached hydrogens (primary N) is 1. The number of rotatable bonds is 4. The van der Waals surface area contributed by atoms with E-state index in [1.165, 1.54) is 5.56 Å². The van der Waals surface area contributed by atoms with Gasteiger partial charge in [0.25, 0.3) is 5.91 Å². The van der Waals surface area contributed by atoms with Crippen molar-refractivity contribution in [2.24, 2.45) is 5.73 Å². The minimum absolute atomic E-state index is 0.0669. The minimum atomic E-state index is -0.469. The van der Waals surface area contributed by atoms with E-state index in [1.54, 1.807) is 0 Å². The van der Waals surface area contributed by atoms with Gasteiger partial charge in [0.1, 0.15) is 0 Å². The maximum absolute atomic E-state index is 12.1. The molecular formula is C14H20N2O2.